The molecular weight excluding hydrogens is 304 g/mol. The van der Waals surface area contributed by atoms with E-state index in [4.69, 9.17) is 11.6 Å². The van der Waals surface area contributed by atoms with Gasteiger partial charge in [0.2, 0.25) is 0 Å². The van der Waals surface area contributed by atoms with Gasteiger partial charge in [0.15, 0.2) is 0 Å². The zero-order chi connectivity index (χ0) is 12.0. The van der Waals surface area contributed by atoms with E-state index in [1.54, 1.807) is 16.9 Å². The third-order valence-corrected chi connectivity index (χ3v) is 3.38. The Morgan fingerprint density at radius 3 is 2.82 bits per heavy atom. The molecule has 0 atom stereocenters. The minimum Gasteiger partial charge on any atom is -0.297 e. The van der Waals surface area contributed by atoms with Crippen molar-refractivity contribution in [3.05, 3.63) is 40.3 Å². The number of pyridine rings is 1. The Balaban J connectivity index is 2.33. The summed E-state index contributed by atoms with van der Waals surface area (Å²) in [4.78, 5) is 4.34. The molecule has 3 aromatic heterocycles. The number of halogens is 2. The van der Waals surface area contributed by atoms with Crippen molar-refractivity contribution in [1.82, 2.24) is 19.3 Å². The third kappa shape index (κ3) is 1.75. The first-order valence-corrected chi connectivity index (χ1v) is 6.14. The van der Waals surface area contributed by atoms with E-state index in [-0.39, 0.29) is 0 Å². The van der Waals surface area contributed by atoms with Crippen molar-refractivity contribution < 1.29 is 0 Å². The Labute approximate surface area is 111 Å². The van der Waals surface area contributed by atoms with E-state index in [0.717, 1.165) is 21.2 Å². The van der Waals surface area contributed by atoms with Crippen LogP contribution in [0.2, 0.25) is 5.15 Å². The maximum absolute atomic E-state index is 5.93. The molecule has 3 aromatic rings. The zero-order valence-electron chi connectivity index (χ0n) is 8.93. The van der Waals surface area contributed by atoms with E-state index in [9.17, 15) is 0 Å². The van der Waals surface area contributed by atoms with Gasteiger partial charge in [0, 0.05) is 29.3 Å². The first kappa shape index (κ1) is 10.8. The summed E-state index contributed by atoms with van der Waals surface area (Å²) >= 11 is 9.45. The van der Waals surface area contributed by atoms with E-state index < -0.39 is 0 Å². The highest BCUT2D eigenvalue weighted by atomic mass is 79.9. The number of rotatable bonds is 1. The van der Waals surface area contributed by atoms with Gasteiger partial charge in [0.05, 0.1) is 11.9 Å². The van der Waals surface area contributed by atoms with Crippen LogP contribution in [0.4, 0.5) is 0 Å². The molecule has 0 radical (unpaired) electrons. The predicted octanol–water partition coefficient (Wildman–Crippen LogP) is 3.17. The van der Waals surface area contributed by atoms with E-state index in [1.165, 1.54) is 0 Å². The van der Waals surface area contributed by atoms with Gasteiger partial charge in [0.25, 0.3) is 0 Å². The molecule has 0 aliphatic rings. The average molecular weight is 312 g/mol. The lowest BCUT2D eigenvalue weighted by atomic mass is 10.3. The van der Waals surface area contributed by atoms with Crippen molar-refractivity contribution in [1.29, 1.82) is 0 Å². The van der Waals surface area contributed by atoms with Gasteiger partial charge in [-0.25, -0.2) is 4.98 Å². The Bertz CT molecular complexity index is 701. The number of nitrogens with zero attached hydrogens (tertiary/aromatic N) is 4. The average Bonchev–Trinajstić information content (AvgIpc) is 2.83. The second kappa shape index (κ2) is 3.85. The maximum atomic E-state index is 5.93. The number of hydrogen-bond acceptors (Lipinski definition) is 2. The van der Waals surface area contributed by atoms with Gasteiger partial charge in [-0.2, -0.15) is 5.10 Å². The molecule has 0 saturated heterocycles. The van der Waals surface area contributed by atoms with Crippen molar-refractivity contribution in [2.75, 3.05) is 0 Å². The molecule has 0 spiro atoms. The standard InChI is InChI=1S/C11H8BrClN4/c1-16-5-7(4-14-16)17-6-9(12)8-2-3-10(13)15-11(8)17/h2-6H,1H3. The van der Waals surface area contributed by atoms with Gasteiger partial charge >= 0.3 is 0 Å². The minimum atomic E-state index is 0.480. The molecule has 3 rings (SSSR count). The number of hydrogen-bond donors (Lipinski definition) is 0. The maximum Gasteiger partial charge on any atom is 0.147 e. The highest BCUT2D eigenvalue weighted by Gasteiger charge is 2.10. The zero-order valence-corrected chi connectivity index (χ0v) is 11.3. The van der Waals surface area contributed by atoms with Crippen LogP contribution in [0, 0.1) is 0 Å². The van der Waals surface area contributed by atoms with Crippen LogP contribution < -0.4 is 0 Å². The third-order valence-electron chi connectivity index (χ3n) is 2.54. The van der Waals surface area contributed by atoms with Gasteiger partial charge in [0.1, 0.15) is 10.8 Å². The summed E-state index contributed by atoms with van der Waals surface area (Å²) in [6.07, 6.45) is 5.67. The molecule has 17 heavy (non-hydrogen) atoms. The van der Waals surface area contributed by atoms with Crippen LogP contribution >= 0.6 is 27.5 Å². The van der Waals surface area contributed by atoms with Crippen molar-refractivity contribution >= 4 is 38.6 Å². The summed E-state index contributed by atoms with van der Waals surface area (Å²) in [6.45, 7) is 0. The van der Waals surface area contributed by atoms with E-state index >= 15 is 0 Å². The minimum absolute atomic E-state index is 0.480. The quantitative estimate of drug-likeness (QED) is 0.647. The first-order valence-electron chi connectivity index (χ1n) is 4.97. The first-order chi connectivity index (χ1) is 8.15. The van der Waals surface area contributed by atoms with Crippen molar-refractivity contribution in [2.45, 2.75) is 0 Å². The molecular formula is C11H8BrClN4. The summed E-state index contributed by atoms with van der Waals surface area (Å²) in [7, 11) is 1.88. The summed E-state index contributed by atoms with van der Waals surface area (Å²) in [5.41, 5.74) is 1.77. The summed E-state index contributed by atoms with van der Waals surface area (Å²) in [5, 5.41) is 5.66. The van der Waals surface area contributed by atoms with E-state index in [1.807, 2.05) is 30.1 Å². The highest BCUT2D eigenvalue weighted by molar-refractivity contribution is 9.10. The van der Waals surface area contributed by atoms with Crippen molar-refractivity contribution in [2.24, 2.45) is 7.05 Å². The van der Waals surface area contributed by atoms with Crippen LogP contribution in [0.25, 0.3) is 16.7 Å². The van der Waals surface area contributed by atoms with Crippen molar-refractivity contribution in [3.63, 3.8) is 0 Å². The predicted molar refractivity (Wildman–Crippen MR) is 70.5 cm³/mol. The van der Waals surface area contributed by atoms with Gasteiger partial charge in [-0.3, -0.25) is 9.25 Å². The fraction of sp³-hybridized carbons (Fsp3) is 0.0909. The Hall–Kier alpha value is -1.33. The largest absolute Gasteiger partial charge is 0.297 e. The molecule has 0 aliphatic heterocycles. The summed E-state index contributed by atoms with van der Waals surface area (Å²) in [6, 6.07) is 3.73. The highest BCUT2D eigenvalue weighted by Crippen LogP contribution is 2.28. The normalized spacial score (nSPS) is 11.2. The molecule has 6 heteroatoms. The molecule has 0 N–H and O–H groups in total. The molecule has 0 saturated carbocycles. The Kier molecular flexibility index (Phi) is 2.45. The number of fused-ring (bicyclic) bond motifs is 1. The van der Waals surface area contributed by atoms with Crippen LogP contribution in [0.5, 0.6) is 0 Å². The lowest BCUT2D eigenvalue weighted by Gasteiger charge is -2.00. The molecule has 86 valence electrons. The van der Waals surface area contributed by atoms with E-state index in [2.05, 4.69) is 26.0 Å². The van der Waals surface area contributed by atoms with E-state index in [0.29, 0.717) is 5.15 Å². The fourth-order valence-electron chi connectivity index (χ4n) is 1.77. The van der Waals surface area contributed by atoms with Gasteiger partial charge in [-0.15, -0.1) is 0 Å². The van der Waals surface area contributed by atoms with Gasteiger partial charge in [-0.1, -0.05) is 11.6 Å². The molecule has 0 aliphatic carbocycles. The van der Waals surface area contributed by atoms with Gasteiger partial charge < -0.3 is 0 Å². The van der Waals surface area contributed by atoms with Crippen molar-refractivity contribution in [3.8, 4) is 5.69 Å². The molecule has 0 amide bonds. The smallest absolute Gasteiger partial charge is 0.147 e. The molecule has 4 nitrogen and oxygen atoms in total. The van der Waals surface area contributed by atoms with Crippen LogP contribution in [-0.4, -0.2) is 19.3 Å². The molecule has 0 unspecified atom stereocenters. The SMILES string of the molecule is Cn1cc(-n2cc(Br)c3ccc(Cl)nc32)cn1. The topological polar surface area (TPSA) is 35.6 Å². The monoisotopic (exact) mass is 310 g/mol. The Morgan fingerprint density at radius 1 is 1.29 bits per heavy atom. The molecule has 0 bridgehead atoms. The van der Waals surface area contributed by atoms with Crippen LogP contribution in [-0.2, 0) is 7.05 Å². The molecule has 0 aromatic carbocycles. The second-order valence-corrected chi connectivity index (χ2v) is 4.97. The number of aromatic nitrogens is 4. The van der Waals surface area contributed by atoms with Gasteiger partial charge in [-0.05, 0) is 28.1 Å². The fourth-order valence-corrected chi connectivity index (χ4v) is 2.43. The summed E-state index contributed by atoms with van der Waals surface area (Å²) in [5.74, 6) is 0. The van der Waals surface area contributed by atoms with Crippen LogP contribution in [0.15, 0.2) is 35.2 Å². The van der Waals surface area contributed by atoms with Crippen LogP contribution in [0.1, 0.15) is 0 Å². The lowest BCUT2D eigenvalue weighted by molar-refractivity contribution is 0.767. The second-order valence-electron chi connectivity index (χ2n) is 3.72. The summed E-state index contributed by atoms with van der Waals surface area (Å²) < 4.78 is 4.69. The molecule has 0 fully saturated rings. The lowest BCUT2D eigenvalue weighted by Crippen LogP contribution is -1.92. The Morgan fingerprint density at radius 2 is 2.12 bits per heavy atom. The molecule has 3 heterocycles. The number of aryl methyl sites for hydroxylation is 1. The van der Waals surface area contributed by atoms with Crippen LogP contribution in [0.3, 0.4) is 0 Å².